The molecule has 6 nitrogen and oxygen atoms in total. The summed E-state index contributed by atoms with van der Waals surface area (Å²) < 4.78 is 2.42. The second kappa shape index (κ2) is 16.1. The minimum Gasteiger partial charge on any atom is -0.309 e. The van der Waals surface area contributed by atoms with E-state index in [0.717, 1.165) is 82.3 Å². The fourth-order valence-corrected chi connectivity index (χ4v) is 10.6. The van der Waals surface area contributed by atoms with Crippen molar-refractivity contribution < 1.29 is 0 Å². The lowest BCUT2D eigenvalue weighted by Crippen LogP contribution is -2.15. The summed E-state index contributed by atoms with van der Waals surface area (Å²) in [6.45, 7) is 0. The molecule has 3 aromatic heterocycles. The van der Waals surface area contributed by atoms with Crippen LogP contribution in [-0.4, -0.2) is 24.5 Å². The molecule has 0 atom stereocenters. The van der Waals surface area contributed by atoms with Gasteiger partial charge in [0.1, 0.15) is 0 Å². The lowest BCUT2D eigenvalue weighted by atomic mass is 10.0. The van der Waals surface area contributed by atoms with Gasteiger partial charge in [-0.15, -0.1) is 0 Å². The number of anilines is 3. The Kier molecular flexibility index (Phi) is 9.32. The molecule has 0 saturated heterocycles. The topological polar surface area (TPSA) is 59.7 Å². The maximum Gasteiger partial charge on any atom is 0.164 e. The molecule has 0 amide bonds. The van der Waals surface area contributed by atoms with Crippen LogP contribution in [0.25, 0.3) is 94.8 Å². The molecule has 0 saturated carbocycles. The van der Waals surface area contributed by atoms with Crippen molar-refractivity contribution in [1.82, 2.24) is 24.5 Å². The average Bonchev–Trinajstić information content (AvgIpc) is 3.74. The van der Waals surface area contributed by atoms with Gasteiger partial charge in [-0.3, -0.25) is 4.98 Å². The van der Waals surface area contributed by atoms with Gasteiger partial charge in [-0.05, 0) is 83.2 Å². The summed E-state index contributed by atoms with van der Waals surface area (Å²) in [7, 11) is 0. The van der Waals surface area contributed by atoms with E-state index >= 15 is 0 Å². The third kappa shape index (κ3) is 6.83. The summed E-state index contributed by atoms with van der Waals surface area (Å²) in [6.07, 6.45) is 1.90. The van der Waals surface area contributed by atoms with Crippen molar-refractivity contribution >= 4 is 61.4 Å². The number of para-hydroxylation sites is 1. The number of pyridine rings is 1. The van der Waals surface area contributed by atoms with Crippen molar-refractivity contribution in [2.45, 2.75) is 9.79 Å². The molecule has 13 rings (SSSR count). The van der Waals surface area contributed by atoms with E-state index in [0.29, 0.717) is 17.5 Å². The van der Waals surface area contributed by atoms with Crippen LogP contribution < -0.4 is 4.90 Å². The van der Waals surface area contributed by atoms with Crippen molar-refractivity contribution in [2.75, 3.05) is 4.90 Å². The first kappa shape index (κ1) is 38.8. The van der Waals surface area contributed by atoms with Crippen LogP contribution in [0.1, 0.15) is 0 Å². The van der Waals surface area contributed by atoms with Crippen LogP contribution in [0.4, 0.5) is 17.1 Å². The molecule has 0 aliphatic carbocycles. The third-order valence-electron chi connectivity index (χ3n) is 12.7. The van der Waals surface area contributed by atoms with Gasteiger partial charge in [-0.25, -0.2) is 15.0 Å². The van der Waals surface area contributed by atoms with Crippen LogP contribution >= 0.6 is 11.8 Å². The van der Waals surface area contributed by atoms with E-state index in [-0.39, 0.29) is 0 Å². The lowest BCUT2D eigenvalue weighted by Gasteiger charge is -2.33. The third-order valence-corrected chi connectivity index (χ3v) is 13.7. The Labute approximate surface area is 391 Å². The number of nitrogens with zero attached hydrogens (tertiary/aromatic N) is 6. The number of benzene rings is 9. The van der Waals surface area contributed by atoms with Gasteiger partial charge in [-0.1, -0.05) is 169 Å². The van der Waals surface area contributed by atoms with E-state index < -0.39 is 0 Å². The molecular weight excluding hydrogens is 837 g/mol. The second-order valence-electron chi connectivity index (χ2n) is 16.7. The zero-order chi connectivity index (χ0) is 44.3. The Bertz CT molecular complexity index is 3790. The molecule has 0 N–H and O–H groups in total. The van der Waals surface area contributed by atoms with E-state index in [2.05, 4.69) is 173 Å². The summed E-state index contributed by atoms with van der Waals surface area (Å²) in [5.41, 5.74) is 13.8. The van der Waals surface area contributed by atoms with E-state index in [1.165, 1.54) is 21.9 Å². The number of rotatable bonds is 7. The molecule has 4 heterocycles. The summed E-state index contributed by atoms with van der Waals surface area (Å²) in [5, 5.41) is 4.72. The predicted molar refractivity (Wildman–Crippen MR) is 275 cm³/mol. The Morgan fingerprint density at radius 2 is 0.925 bits per heavy atom. The number of aromatic nitrogens is 5. The average molecular weight is 875 g/mol. The normalized spacial score (nSPS) is 12.1. The van der Waals surface area contributed by atoms with Crippen LogP contribution in [0.3, 0.4) is 0 Å². The van der Waals surface area contributed by atoms with Crippen molar-refractivity contribution in [2.24, 2.45) is 0 Å². The molecule has 0 spiro atoms. The van der Waals surface area contributed by atoms with Gasteiger partial charge in [0.15, 0.2) is 17.5 Å². The minimum atomic E-state index is 0.616. The first-order valence-corrected chi connectivity index (χ1v) is 23.2. The minimum absolute atomic E-state index is 0.616. The quantitative estimate of drug-likeness (QED) is 0.159. The molecule has 1 aliphatic rings. The molecule has 314 valence electrons. The van der Waals surface area contributed by atoms with E-state index in [1.54, 1.807) is 11.8 Å². The first-order chi connectivity index (χ1) is 33.2. The molecule has 9 aromatic carbocycles. The second-order valence-corrected chi connectivity index (χ2v) is 17.8. The van der Waals surface area contributed by atoms with Crippen LogP contribution in [0.15, 0.2) is 240 Å². The van der Waals surface area contributed by atoms with Crippen LogP contribution in [0, 0.1) is 0 Å². The Morgan fingerprint density at radius 1 is 0.343 bits per heavy atom. The highest BCUT2D eigenvalue weighted by Crippen LogP contribution is 2.53. The highest BCUT2D eigenvalue weighted by molar-refractivity contribution is 7.99. The van der Waals surface area contributed by atoms with Gasteiger partial charge in [0.25, 0.3) is 0 Å². The van der Waals surface area contributed by atoms with Crippen LogP contribution in [0.2, 0.25) is 0 Å². The fourth-order valence-electron chi connectivity index (χ4n) is 9.49. The Morgan fingerprint density at radius 3 is 1.67 bits per heavy atom. The van der Waals surface area contributed by atoms with Gasteiger partial charge in [-0.2, -0.15) is 0 Å². The highest BCUT2D eigenvalue weighted by atomic mass is 32.2. The van der Waals surface area contributed by atoms with Crippen LogP contribution in [-0.2, 0) is 0 Å². The zero-order valence-electron chi connectivity index (χ0n) is 36.0. The predicted octanol–water partition coefficient (Wildman–Crippen LogP) is 15.8. The van der Waals surface area contributed by atoms with Gasteiger partial charge in [0.2, 0.25) is 0 Å². The van der Waals surface area contributed by atoms with Crippen LogP contribution in [0.5, 0.6) is 0 Å². The van der Waals surface area contributed by atoms with Crippen molar-refractivity contribution in [3.8, 4) is 62.2 Å². The van der Waals surface area contributed by atoms with Crippen molar-refractivity contribution in [3.05, 3.63) is 231 Å². The van der Waals surface area contributed by atoms with Gasteiger partial charge in [0, 0.05) is 65.8 Å². The molecule has 67 heavy (non-hydrogen) atoms. The lowest BCUT2D eigenvalue weighted by molar-refractivity contribution is 1.07. The number of hydrogen-bond acceptors (Lipinski definition) is 6. The van der Waals surface area contributed by atoms with Gasteiger partial charge >= 0.3 is 0 Å². The Balaban J connectivity index is 0.998. The summed E-state index contributed by atoms with van der Waals surface area (Å²) in [6, 6.07) is 79.3. The molecule has 0 bridgehead atoms. The molecule has 7 heteroatoms. The summed E-state index contributed by atoms with van der Waals surface area (Å²) >= 11 is 1.78. The first-order valence-electron chi connectivity index (χ1n) is 22.4. The fraction of sp³-hybridized carbons (Fsp3) is 0. The van der Waals surface area contributed by atoms with Crippen molar-refractivity contribution in [3.63, 3.8) is 0 Å². The molecule has 0 fully saturated rings. The molecule has 0 unspecified atom stereocenters. The monoisotopic (exact) mass is 874 g/mol. The SMILES string of the molecule is c1ccc(-c2ccc3c4ccccc4n(-c4ccc5c(c4)Sc4cc(-c6nc(-c7ccccc7)nc(-c7ccccc7)n6)ccc4N5c4cccc(-c5nccc6ccccc56)c4)c3c2)cc1. The van der Waals surface area contributed by atoms with E-state index in [4.69, 9.17) is 19.9 Å². The van der Waals surface area contributed by atoms with E-state index in [1.807, 2.05) is 66.9 Å². The summed E-state index contributed by atoms with van der Waals surface area (Å²) in [4.78, 5) is 24.8. The smallest absolute Gasteiger partial charge is 0.164 e. The summed E-state index contributed by atoms with van der Waals surface area (Å²) in [5.74, 6) is 1.88. The van der Waals surface area contributed by atoms with Gasteiger partial charge in [0.05, 0.1) is 28.1 Å². The number of hydrogen-bond donors (Lipinski definition) is 0. The zero-order valence-corrected chi connectivity index (χ0v) is 36.8. The highest BCUT2D eigenvalue weighted by Gasteiger charge is 2.28. The largest absolute Gasteiger partial charge is 0.309 e. The molecule has 12 aromatic rings. The maximum absolute atomic E-state index is 5.12. The molecular formula is C60H38N6S. The van der Waals surface area contributed by atoms with Gasteiger partial charge < -0.3 is 9.47 Å². The van der Waals surface area contributed by atoms with Crippen molar-refractivity contribution in [1.29, 1.82) is 0 Å². The standard InChI is InChI=1S/C60H38N6S/c1-4-15-39(16-5-1)43-27-30-50-49-25-12-13-26-51(49)65(54(50)36-43)47-29-32-53-56(38-47)67-55-37-45(60-63-58(41-18-6-2-7-19-41)62-59(64-60)42-20-8-3-9-21-42)28-31-52(55)66(53)46-23-14-22-44(35-46)57-48-24-11-10-17-40(48)33-34-61-57/h1-38H. The Hall–Kier alpha value is -8.65. The maximum atomic E-state index is 5.12. The number of fused-ring (bicyclic) bond motifs is 6. The molecule has 1 aliphatic heterocycles. The van der Waals surface area contributed by atoms with E-state index in [9.17, 15) is 0 Å². The molecule has 0 radical (unpaired) electrons.